The van der Waals surface area contributed by atoms with Crippen molar-refractivity contribution in [3.8, 4) is 0 Å². The fourth-order valence-corrected chi connectivity index (χ4v) is 4.22. The molecule has 1 saturated heterocycles. The fraction of sp³-hybridized carbons (Fsp3) is 0.440. The number of anilines is 3. The van der Waals surface area contributed by atoms with Crippen molar-refractivity contribution in [2.45, 2.75) is 58.3 Å². The third-order valence-corrected chi connectivity index (χ3v) is 5.97. The molecule has 1 aliphatic rings. The molecule has 3 rings (SSSR count). The number of benzene rings is 2. The maximum absolute atomic E-state index is 14.4. The summed E-state index contributed by atoms with van der Waals surface area (Å²) in [6.07, 6.45) is 6.74. The molecule has 0 radical (unpaired) electrons. The Morgan fingerprint density at radius 2 is 1.81 bits per heavy atom. The number of primary amides is 1. The summed E-state index contributed by atoms with van der Waals surface area (Å²) in [4.78, 5) is 26.0. The van der Waals surface area contributed by atoms with Gasteiger partial charge >= 0.3 is 0 Å². The Balaban J connectivity index is 1.49. The van der Waals surface area contributed by atoms with Crippen molar-refractivity contribution in [1.82, 2.24) is 0 Å². The maximum atomic E-state index is 14.4. The van der Waals surface area contributed by atoms with Crippen LogP contribution in [0.4, 0.5) is 21.5 Å². The molecule has 0 bridgehead atoms. The topological polar surface area (TPSA) is 101 Å². The van der Waals surface area contributed by atoms with E-state index in [9.17, 15) is 14.0 Å². The van der Waals surface area contributed by atoms with Gasteiger partial charge in [-0.3, -0.25) is 9.59 Å². The zero-order valence-electron chi connectivity index (χ0n) is 18.8. The van der Waals surface area contributed by atoms with Gasteiger partial charge in [0.15, 0.2) is 0 Å². The van der Waals surface area contributed by atoms with Crippen LogP contribution in [0.25, 0.3) is 0 Å². The highest BCUT2D eigenvalue weighted by molar-refractivity contribution is 5.95. The number of nitrogen functional groups attached to an aromatic ring is 1. The van der Waals surface area contributed by atoms with Crippen LogP contribution in [-0.2, 0) is 11.2 Å². The second kappa shape index (κ2) is 11.0. The number of nitrogens with two attached hydrogens (primary N) is 2. The summed E-state index contributed by atoms with van der Waals surface area (Å²) >= 11 is 0. The number of halogens is 1. The van der Waals surface area contributed by atoms with E-state index in [0.29, 0.717) is 29.8 Å². The standard InChI is InChI=1S/C25H33FN4O2/c1-17-10-11-19(25(28)32)18(14-17)8-4-2-5-9-24(31)29-22-16-23(20(26)15-21(22)27)30-12-6-3-7-13-30/h10-11,14-16H,2-9,12-13,27H2,1H3,(H2,28,32)(H,29,31). The molecule has 0 aliphatic carbocycles. The quantitative estimate of drug-likeness (QED) is 0.393. The van der Waals surface area contributed by atoms with Crippen molar-refractivity contribution in [2.24, 2.45) is 5.73 Å². The van der Waals surface area contributed by atoms with Gasteiger partial charge in [-0.1, -0.05) is 24.1 Å². The molecule has 2 aromatic carbocycles. The van der Waals surface area contributed by atoms with E-state index >= 15 is 0 Å². The Kier molecular flexibility index (Phi) is 8.09. The third-order valence-electron chi connectivity index (χ3n) is 5.97. The van der Waals surface area contributed by atoms with E-state index in [1.165, 1.54) is 6.07 Å². The van der Waals surface area contributed by atoms with Crippen LogP contribution in [0, 0.1) is 12.7 Å². The van der Waals surface area contributed by atoms with Gasteiger partial charge in [-0.15, -0.1) is 0 Å². The molecule has 1 aliphatic heterocycles. The first-order chi connectivity index (χ1) is 15.3. The number of piperidine rings is 1. The van der Waals surface area contributed by atoms with Crippen LogP contribution in [-0.4, -0.2) is 24.9 Å². The summed E-state index contributed by atoms with van der Waals surface area (Å²) in [6.45, 7) is 3.61. The van der Waals surface area contributed by atoms with Crippen LogP contribution in [0.3, 0.4) is 0 Å². The van der Waals surface area contributed by atoms with Gasteiger partial charge in [0, 0.05) is 31.1 Å². The molecule has 6 nitrogen and oxygen atoms in total. The molecule has 2 aromatic rings. The summed E-state index contributed by atoms with van der Waals surface area (Å²) in [6, 6.07) is 8.58. The van der Waals surface area contributed by atoms with Crippen molar-refractivity contribution < 1.29 is 14.0 Å². The van der Waals surface area contributed by atoms with Crippen molar-refractivity contribution >= 4 is 28.9 Å². The molecule has 1 heterocycles. The van der Waals surface area contributed by atoms with Gasteiger partial charge in [-0.2, -0.15) is 0 Å². The predicted molar refractivity (Wildman–Crippen MR) is 127 cm³/mol. The summed E-state index contributed by atoms with van der Waals surface area (Å²) in [7, 11) is 0. The SMILES string of the molecule is Cc1ccc(C(N)=O)c(CCCCCC(=O)Nc2cc(N3CCCCC3)c(F)cc2N)c1. The highest BCUT2D eigenvalue weighted by Gasteiger charge is 2.18. The molecule has 2 amide bonds. The maximum Gasteiger partial charge on any atom is 0.248 e. The predicted octanol–water partition coefficient (Wildman–Crippen LogP) is 4.55. The lowest BCUT2D eigenvalue weighted by Gasteiger charge is -2.29. The second-order valence-electron chi connectivity index (χ2n) is 8.57. The molecule has 0 spiro atoms. The van der Waals surface area contributed by atoms with Gasteiger partial charge in [-0.25, -0.2) is 4.39 Å². The highest BCUT2D eigenvalue weighted by Crippen LogP contribution is 2.31. The second-order valence-corrected chi connectivity index (χ2v) is 8.57. The number of hydrogen-bond donors (Lipinski definition) is 3. The van der Waals surface area contributed by atoms with Crippen LogP contribution in [0.5, 0.6) is 0 Å². The van der Waals surface area contributed by atoms with Crippen LogP contribution in [0.1, 0.15) is 66.4 Å². The van der Waals surface area contributed by atoms with E-state index in [-0.39, 0.29) is 17.4 Å². The fourth-order valence-electron chi connectivity index (χ4n) is 4.22. The van der Waals surface area contributed by atoms with Crippen molar-refractivity contribution in [1.29, 1.82) is 0 Å². The lowest BCUT2D eigenvalue weighted by atomic mass is 9.98. The van der Waals surface area contributed by atoms with Crippen LogP contribution < -0.4 is 21.7 Å². The molecule has 0 saturated carbocycles. The Bertz CT molecular complexity index is 971. The number of hydrogen-bond acceptors (Lipinski definition) is 4. The zero-order valence-corrected chi connectivity index (χ0v) is 18.8. The lowest BCUT2D eigenvalue weighted by Crippen LogP contribution is -2.30. The first-order valence-corrected chi connectivity index (χ1v) is 11.4. The van der Waals surface area contributed by atoms with Gasteiger partial charge in [0.05, 0.1) is 17.1 Å². The summed E-state index contributed by atoms with van der Waals surface area (Å²) < 4.78 is 14.4. The van der Waals surface area contributed by atoms with Crippen molar-refractivity contribution in [2.75, 3.05) is 29.0 Å². The molecule has 32 heavy (non-hydrogen) atoms. The summed E-state index contributed by atoms with van der Waals surface area (Å²) in [5.74, 6) is -0.907. The van der Waals surface area contributed by atoms with Crippen molar-refractivity contribution in [3.63, 3.8) is 0 Å². The number of aryl methyl sites for hydroxylation is 2. The first-order valence-electron chi connectivity index (χ1n) is 11.4. The van der Waals surface area contributed by atoms with Crippen LogP contribution in [0.15, 0.2) is 30.3 Å². The minimum Gasteiger partial charge on any atom is -0.397 e. The van der Waals surface area contributed by atoms with E-state index in [1.807, 2.05) is 24.0 Å². The minimum absolute atomic E-state index is 0.138. The van der Waals surface area contributed by atoms with Gasteiger partial charge in [-0.05, 0) is 63.1 Å². The zero-order chi connectivity index (χ0) is 23.1. The average molecular weight is 441 g/mol. The van der Waals surface area contributed by atoms with Crippen molar-refractivity contribution in [3.05, 3.63) is 52.8 Å². The van der Waals surface area contributed by atoms with Gasteiger partial charge < -0.3 is 21.7 Å². The number of nitrogens with zero attached hydrogens (tertiary/aromatic N) is 1. The highest BCUT2D eigenvalue weighted by atomic mass is 19.1. The van der Waals surface area contributed by atoms with Crippen LogP contribution >= 0.6 is 0 Å². The van der Waals surface area contributed by atoms with E-state index in [0.717, 1.165) is 62.7 Å². The number of carbonyl (C=O) groups excluding carboxylic acids is 2. The smallest absolute Gasteiger partial charge is 0.248 e. The molecule has 0 aromatic heterocycles. The number of unbranched alkanes of at least 4 members (excludes halogenated alkanes) is 2. The molecular weight excluding hydrogens is 407 g/mol. The monoisotopic (exact) mass is 440 g/mol. The van der Waals surface area contributed by atoms with Gasteiger partial charge in [0.25, 0.3) is 0 Å². The minimum atomic E-state index is -0.416. The summed E-state index contributed by atoms with van der Waals surface area (Å²) in [5, 5.41) is 2.84. The Morgan fingerprint density at radius 1 is 1.06 bits per heavy atom. The van der Waals surface area contributed by atoms with E-state index in [4.69, 9.17) is 11.5 Å². The molecular formula is C25H33FN4O2. The molecule has 172 valence electrons. The Morgan fingerprint density at radius 3 is 2.53 bits per heavy atom. The molecule has 0 atom stereocenters. The molecule has 5 N–H and O–H groups in total. The molecule has 7 heteroatoms. The Hall–Kier alpha value is -3.09. The average Bonchev–Trinajstić information content (AvgIpc) is 2.76. The first kappa shape index (κ1) is 23.6. The van der Waals surface area contributed by atoms with E-state index < -0.39 is 5.91 Å². The van der Waals surface area contributed by atoms with Gasteiger partial charge in [0.2, 0.25) is 11.8 Å². The largest absolute Gasteiger partial charge is 0.397 e. The van der Waals surface area contributed by atoms with E-state index in [1.54, 1.807) is 12.1 Å². The van der Waals surface area contributed by atoms with Crippen LogP contribution in [0.2, 0.25) is 0 Å². The number of rotatable bonds is 9. The lowest BCUT2D eigenvalue weighted by molar-refractivity contribution is -0.116. The van der Waals surface area contributed by atoms with E-state index in [2.05, 4.69) is 5.32 Å². The normalized spacial score (nSPS) is 13.8. The summed E-state index contributed by atoms with van der Waals surface area (Å²) in [5.41, 5.74) is 15.2. The number of nitrogens with one attached hydrogen (secondary N) is 1. The number of carbonyl (C=O) groups is 2. The van der Waals surface area contributed by atoms with Gasteiger partial charge in [0.1, 0.15) is 5.82 Å². The molecule has 1 fully saturated rings. The molecule has 0 unspecified atom stereocenters. The third kappa shape index (κ3) is 6.22. The number of amides is 2. The Labute approximate surface area is 189 Å².